The van der Waals surface area contributed by atoms with Crippen molar-refractivity contribution in [2.24, 2.45) is 0 Å². The van der Waals surface area contributed by atoms with Crippen LogP contribution < -0.4 is 4.74 Å². The zero-order valence-corrected chi connectivity index (χ0v) is 16.3. The van der Waals surface area contributed by atoms with Gasteiger partial charge in [0.1, 0.15) is 24.3 Å². The molecule has 1 saturated heterocycles. The molecule has 28 heavy (non-hydrogen) atoms. The lowest BCUT2D eigenvalue weighted by atomic mass is 10.0. The number of imide groups is 1. The maximum atomic E-state index is 12.8. The molecule has 4 rings (SSSR count). The molecule has 7 nitrogen and oxygen atoms in total. The van der Waals surface area contributed by atoms with Crippen molar-refractivity contribution in [3.8, 4) is 11.4 Å². The number of aromatic nitrogens is 2. The molecule has 0 bridgehead atoms. The first-order chi connectivity index (χ1) is 13.3. The topological polar surface area (TPSA) is 73.7 Å². The van der Waals surface area contributed by atoms with Crippen LogP contribution in [0.15, 0.2) is 36.2 Å². The molecule has 2 aliphatic heterocycles. The van der Waals surface area contributed by atoms with Crippen molar-refractivity contribution in [2.45, 2.75) is 45.8 Å². The van der Waals surface area contributed by atoms with Gasteiger partial charge in [-0.25, -0.2) is 14.7 Å². The lowest BCUT2D eigenvalue weighted by Gasteiger charge is -2.29. The molecule has 3 heterocycles. The van der Waals surface area contributed by atoms with Crippen molar-refractivity contribution in [1.29, 1.82) is 0 Å². The van der Waals surface area contributed by atoms with Crippen LogP contribution in [0.2, 0.25) is 0 Å². The molecule has 0 aliphatic carbocycles. The summed E-state index contributed by atoms with van der Waals surface area (Å²) in [7, 11) is 0. The van der Waals surface area contributed by atoms with Gasteiger partial charge in [0, 0.05) is 12.1 Å². The number of carbonyl (C=O) groups excluding carboxylic acids is 2. The Morgan fingerprint density at radius 2 is 2.07 bits per heavy atom. The van der Waals surface area contributed by atoms with Gasteiger partial charge < -0.3 is 9.47 Å². The Morgan fingerprint density at radius 1 is 1.29 bits per heavy atom. The van der Waals surface area contributed by atoms with Gasteiger partial charge in [0.05, 0.1) is 17.1 Å². The summed E-state index contributed by atoms with van der Waals surface area (Å²) in [5.41, 5.74) is 2.40. The number of ether oxygens (including phenoxy) is 2. The molecule has 0 spiro atoms. The first-order valence-electron chi connectivity index (χ1n) is 9.37. The van der Waals surface area contributed by atoms with Gasteiger partial charge >= 0.3 is 6.09 Å². The van der Waals surface area contributed by atoms with Crippen LogP contribution in [0.3, 0.4) is 0 Å². The van der Waals surface area contributed by atoms with Crippen LogP contribution in [0.25, 0.3) is 11.8 Å². The molecule has 7 heteroatoms. The standard InChI is InChI=1S/C21H23N3O4/c1-21(2,3)28-20(26)23-10-6-7-14(19(23)25)11-15-17-12-27-18-9-5-4-8-16(18)24(17)13-22-15/h4-5,8-9,11,13H,6-7,10,12H2,1-3H3. The number of fused-ring (bicyclic) bond motifs is 3. The number of hydrogen-bond donors (Lipinski definition) is 0. The molecule has 1 fully saturated rings. The van der Waals surface area contributed by atoms with Gasteiger partial charge in [0.15, 0.2) is 0 Å². The minimum atomic E-state index is -0.646. The predicted molar refractivity (Wildman–Crippen MR) is 103 cm³/mol. The van der Waals surface area contributed by atoms with E-state index in [4.69, 9.17) is 9.47 Å². The molecular weight excluding hydrogens is 358 g/mol. The van der Waals surface area contributed by atoms with Gasteiger partial charge in [0.25, 0.3) is 5.91 Å². The third-order valence-electron chi connectivity index (χ3n) is 4.66. The highest BCUT2D eigenvalue weighted by molar-refractivity contribution is 6.05. The van der Waals surface area contributed by atoms with Crippen molar-refractivity contribution in [3.05, 3.63) is 47.6 Å². The van der Waals surface area contributed by atoms with E-state index in [1.165, 1.54) is 4.90 Å². The van der Waals surface area contributed by atoms with E-state index in [2.05, 4.69) is 4.98 Å². The van der Waals surface area contributed by atoms with Gasteiger partial charge in [-0.2, -0.15) is 0 Å². The number of carbonyl (C=O) groups is 2. The van der Waals surface area contributed by atoms with Crippen molar-refractivity contribution < 1.29 is 19.1 Å². The fraction of sp³-hybridized carbons (Fsp3) is 0.381. The zero-order valence-electron chi connectivity index (χ0n) is 16.3. The summed E-state index contributed by atoms with van der Waals surface area (Å²) in [6.07, 6.45) is 4.20. The number of amides is 2. The smallest absolute Gasteiger partial charge is 0.417 e. The molecule has 1 aromatic heterocycles. The number of benzene rings is 1. The van der Waals surface area contributed by atoms with Crippen LogP contribution in [0.4, 0.5) is 4.79 Å². The molecule has 0 N–H and O–H groups in total. The predicted octanol–water partition coefficient (Wildman–Crippen LogP) is 3.71. The van der Waals surface area contributed by atoms with Crippen molar-refractivity contribution in [2.75, 3.05) is 6.54 Å². The molecule has 2 amide bonds. The number of rotatable bonds is 1. The molecule has 0 radical (unpaired) electrons. The monoisotopic (exact) mass is 381 g/mol. The van der Waals surface area contributed by atoms with Gasteiger partial charge in [-0.3, -0.25) is 9.36 Å². The summed E-state index contributed by atoms with van der Waals surface area (Å²) >= 11 is 0. The van der Waals surface area contributed by atoms with Gasteiger partial charge in [-0.15, -0.1) is 0 Å². The van der Waals surface area contributed by atoms with E-state index in [0.29, 0.717) is 37.3 Å². The van der Waals surface area contributed by atoms with Gasteiger partial charge in [-0.1, -0.05) is 12.1 Å². The van der Waals surface area contributed by atoms with E-state index in [9.17, 15) is 9.59 Å². The molecule has 2 aromatic rings. The van der Waals surface area contributed by atoms with Crippen LogP contribution in [-0.4, -0.2) is 38.6 Å². The Balaban J connectivity index is 1.61. The van der Waals surface area contributed by atoms with Crippen molar-refractivity contribution in [1.82, 2.24) is 14.5 Å². The second kappa shape index (κ2) is 6.82. The molecule has 146 valence electrons. The Kier molecular flexibility index (Phi) is 4.45. The highest BCUT2D eigenvalue weighted by atomic mass is 16.6. The molecular formula is C21H23N3O4. The average molecular weight is 381 g/mol. The maximum Gasteiger partial charge on any atom is 0.417 e. The minimum absolute atomic E-state index is 0.320. The molecule has 0 atom stereocenters. The number of imidazole rings is 1. The summed E-state index contributed by atoms with van der Waals surface area (Å²) in [6.45, 7) is 6.09. The second-order valence-corrected chi connectivity index (χ2v) is 7.91. The molecule has 0 unspecified atom stereocenters. The highest BCUT2D eigenvalue weighted by Crippen LogP contribution is 2.32. The lowest BCUT2D eigenvalue weighted by molar-refractivity contribution is -0.127. The minimum Gasteiger partial charge on any atom is -0.485 e. The van der Waals surface area contributed by atoms with E-state index in [1.54, 1.807) is 33.2 Å². The van der Waals surface area contributed by atoms with E-state index >= 15 is 0 Å². The zero-order chi connectivity index (χ0) is 19.9. The first kappa shape index (κ1) is 18.3. The largest absolute Gasteiger partial charge is 0.485 e. The molecule has 2 aliphatic rings. The van der Waals surface area contributed by atoms with Gasteiger partial charge in [0.2, 0.25) is 0 Å². The van der Waals surface area contributed by atoms with Crippen LogP contribution in [-0.2, 0) is 16.1 Å². The average Bonchev–Trinajstić information content (AvgIpc) is 3.05. The summed E-state index contributed by atoms with van der Waals surface area (Å²) in [6, 6.07) is 7.75. The summed E-state index contributed by atoms with van der Waals surface area (Å²) < 4.78 is 13.2. The Morgan fingerprint density at radius 3 is 2.86 bits per heavy atom. The highest BCUT2D eigenvalue weighted by Gasteiger charge is 2.32. The van der Waals surface area contributed by atoms with E-state index < -0.39 is 11.7 Å². The quantitative estimate of drug-likeness (QED) is 0.704. The maximum absolute atomic E-state index is 12.8. The summed E-state index contributed by atoms with van der Waals surface area (Å²) in [4.78, 5) is 30.8. The molecule has 0 saturated carbocycles. The number of piperidine rings is 1. The van der Waals surface area contributed by atoms with Crippen LogP contribution in [0.1, 0.15) is 45.0 Å². The normalized spacial score (nSPS) is 17.8. The van der Waals surface area contributed by atoms with E-state index in [0.717, 1.165) is 17.1 Å². The Hall–Kier alpha value is -3.09. The summed E-state index contributed by atoms with van der Waals surface area (Å²) in [5, 5.41) is 0. The van der Waals surface area contributed by atoms with Crippen LogP contribution in [0, 0.1) is 0 Å². The fourth-order valence-electron chi connectivity index (χ4n) is 3.38. The molecule has 1 aromatic carbocycles. The first-order valence-corrected chi connectivity index (χ1v) is 9.37. The van der Waals surface area contributed by atoms with Crippen LogP contribution in [0.5, 0.6) is 5.75 Å². The Bertz CT molecular complexity index is 968. The SMILES string of the molecule is CC(C)(C)OC(=O)N1CCCC(=Cc2ncn3c2COc2ccccc2-3)C1=O. The fourth-order valence-corrected chi connectivity index (χ4v) is 3.38. The second-order valence-electron chi connectivity index (χ2n) is 7.91. The van der Waals surface area contributed by atoms with Gasteiger partial charge in [-0.05, 0) is 51.8 Å². The van der Waals surface area contributed by atoms with E-state index in [-0.39, 0.29) is 5.91 Å². The number of hydrogen-bond acceptors (Lipinski definition) is 5. The number of likely N-dealkylation sites (tertiary alicyclic amines) is 1. The third kappa shape index (κ3) is 3.40. The number of para-hydroxylation sites is 2. The van der Waals surface area contributed by atoms with Crippen LogP contribution >= 0.6 is 0 Å². The summed E-state index contributed by atoms with van der Waals surface area (Å²) in [5.74, 6) is 0.482. The van der Waals surface area contributed by atoms with Crippen molar-refractivity contribution in [3.63, 3.8) is 0 Å². The Labute approximate surface area is 163 Å². The van der Waals surface area contributed by atoms with E-state index in [1.807, 2.05) is 28.8 Å². The van der Waals surface area contributed by atoms with Crippen molar-refractivity contribution >= 4 is 18.1 Å². The lowest BCUT2D eigenvalue weighted by Crippen LogP contribution is -2.44. The number of nitrogens with zero attached hydrogens (tertiary/aromatic N) is 3. The third-order valence-corrected chi connectivity index (χ3v) is 4.66.